The largest absolute Gasteiger partial charge is 0.343 e. The fourth-order valence-corrected chi connectivity index (χ4v) is 3.73. The number of carbonyl (C=O) groups is 1. The summed E-state index contributed by atoms with van der Waals surface area (Å²) in [5.74, 6) is -0.298. The van der Waals surface area contributed by atoms with Crippen molar-refractivity contribution in [2.45, 2.75) is 6.04 Å². The molecule has 160 valence electrons. The zero-order valence-corrected chi connectivity index (χ0v) is 17.6. The molecule has 1 atom stereocenters. The Bertz CT molecular complexity index is 1060. The molecule has 3 aromatic rings. The number of carbonyl (C=O) groups excluding carboxylic acids is 1. The molecule has 1 unspecified atom stereocenters. The van der Waals surface area contributed by atoms with Crippen LogP contribution in [-0.4, -0.2) is 65.3 Å². The number of piperazine rings is 1. The second kappa shape index (κ2) is 9.68. The van der Waals surface area contributed by atoms with Crippen LogP contribution in [-0.2, 0) is 0 Å². The highest BCUT2D eigenvalue weighted by Crippen LogP contribution is 2.16. The minimum absolute atomic E-state index is 0.170. The predicted octanol–water partition coefficient (Wildman–Crippen LogP) is 1.95. The van der Waals surface area contributed by atoms with Crippen LogP contribution in [0.5, 0.6) is 0 Å². The summed E-state index contributed by atoms with van der Waals surface area (Å²) in [6.07, 6.45) is 0. The first-order valence-corrected chi connectivity index (χ1v) is 10.5. The molecule has 2 heterocycles. The monoisotopic (exact) mass is 417 g/mol. The molecule has 1 aromatic heterocycles. The van der Waals surface area contributed by atoms with Gasteiger partial charge in [-0.15, -0.1) is 0 Å². The van der Waals surface area contributed by atoms with Crippen LogP contribution in [0.2, 0.25) is 0 Å². The van der Waals surface area contributed by atoms with E-state index < -0.39 is 0 Å². The van der Waals surface area contributed by atoms with Crippen LogP contribution in [0.15, 0.2) is 77.6 Å². The van der Waals surface area contributed by atoms with Crippen molar-refractivity contribution in [3.05, 3.63) is 94.4 Å². The Morgan fingerprint density at radius 3 is 2.26 bits per heavy atom. The molecule has 1 N–H and O–H groups in total. The third-order valence-electron chi connectivity index (χ3n) is 5.58. The van der Waals surface area contributed by atoms with Gasteiger partial charge in [0.2, 0.25) is 0 Å². The fraction of sp³-hybridized carbons (Fsp3) is 0.292. The Balaban J connectivity index is 1.55. The van der Waals surface area contributed by atoms with Gasteiger partial charge in [-0.25, -0.2) is 0 Å². The first-order valence-electron chi connectivity index (χ1n) is 10.5. The number of benzene rings is 2. The van der Waals surface area contributed by atoms with E-state index in [1.165, 1.54) is 16.8 Å². The van der Waals surface area contributed by atoms with Gasteiger partial charge in [0.15, 0.2) is 0 Å². The van der Waals surface area contributed by atoms with Gasteiger partial charge in [-0.2, -0.15) is 9.78 Å². The highest BCUT2D eigenvalue weighted by molar-refractivity contribution is 5.92. The van der Waals surface area contributed by atoms with E-state index in [-0.39, 0.29) is 23.2 Å². The van der Waals surface area contributed by atoms with Gasteiger partial charge < -0.3 is 10.2 Å². The van der Waals surface area contributed by atoms with E-state index in [1.54, 1.807) is 12.1 Å². The number of nitrogens with zero attached hydrogens (tertiary/aromatic N) is 4. The van der Waals surface area contributed by atoms with E-state index in [2.05, 4.69) is 27.3 Å². The lowest BCUT2D eigenvalue weighted by atomic mass is 10.1. The van der Waals surface area contributed by atoms with Gasteiger partial charge in [-0.3, -0.25) is 14.5 Å². The number of nitrogens with one attached hydrogen (secondary N) is 1. The van der Waals surface area contributed by atoms with Crippen molar-refractivity contribution >= 4 is 5.91 Å². The number of para-hydroxylation sites is 1. The lowest BCUT2D eigenvalue weighted by Crippen LogP contribution is -2.48. The first-order chi connectivity index (χ1) is 15.1. The first kappa shape index (κ1) is 21.0. The van der Waals surface area contributed by atoms with E-state index >= 15 is 0 Å². The molecular formula is C24H27N5O2. The van der Waals surface area contributed by atoms with E-state index in [1.807, 2.05) is 48.5 Å². The van der Waals surface area contributed by atoms with Crippen molar-refractivity contribution in [3.63, 3.8) is 0 Å². The van der Waals surface area contributed by atoms with E-state index in [0.29, 0.717) is 5.69 Å². The SMILES string of the molecule is CN1CCN(CC(NC(=O)c2ccc(=O)n(-c3ccccc3)n2)c2ccccc2)CC1. The summed E-state index contributed by atoms with van der Waals surface area (Å²) in [4.78, 5) is 30.1. The van der Waals surface area contributed by atoms with Crippen molar-refractivity contribution in [2.24, 2.45) is 0 Å². The Hall–Kier alpha value is -3.29. The number of hydrogen-bond donors (Lipinski definition) is 1. The lowest BCUT2D eigenvalue weighted by Gasteiger charge is -2.35. The average molecular weight is 418 g/mol. The number of hydrogen-bond acceptors (Lipinski definition) is 5. The van der Waals surface area contributed by atoms with E-state index in [4.69, 9.17) is 0 Å². The molecule has 1 aliphatic rings. The van der Waals surface area contributed by atoms with Crippen molar-refractivity contribution in [1.29, 1.82) is 0 Å². The van der Waals surface area contributed by atoms with Crippen LogP contribution < -0.4 is 10.9 Å². The molecule has 1 saturated heterocycles. The summed E-state index contributed by atoms with van der Waals surface area (Å²) in [6, 6.07) is 21.8. The fourth-order valence-electron chi connectivity index (χ4n) is 3.73. The molecule has 0 spiro atoms. The van der Waals surface area contributed by atoms with Crippen LogP contribution in [0, 0.1) is 0 Å². The van der Waals surface area contributed by atoms with Gasteiger partial charge in [0.25, 0.3) is 11.5 Å². The smallest absolute Gasteiger partial charge is 0.272 e. The Morgan fingerprint density at radius 1 is 0.935 bits per heavy atom. The second-order valence-corrected chi connectivity index (χ2v) is 7.84. The van der Waals surface area contributed by atoms with Crippen molar-refractivity contribution < 1.29 is 4.79 Å². The molecule has 31 heavy (non-hydrogen) atoms. The molecular weight excluding hydrogens is 390 g/mol. The van der Waals surface area contributed by atoms with Gasteiger partial charge in [0.1, 0.15) is 5.69 Å². The minimum atomic E-state index is -0.298. The van der Waals surface area contributed by atoms with Crippen LogP contribution in [0.4, 0.5) is 0 Å². The molecule has 0 bridgehead atoms. The van der Waals surface area contributed by atoms with Crippen molar-refractivity contribution in [1.82, 2.24) is 24.9 Å². The Morgan fingerprint density at radius 2 is 1.58 bits per heavy atom. The third kappa shape index (κ3) is 5.25. The summed E-state index contributed by atoms with van der Waals surface area (Å²) in [5.41, 5.74) is 1.60. The van der Waals surface area contributed by atoms with Gasteiger partial charge in [0.05, 0.1) is 11.7 Å². The number of rotatable bonds is 6. The molecule has 4 rings (SSSR count). The number of aromatic nitrogens is 2. The molecule has 0 radical (unpaired) electrons. The van der Waals surface area contributed by atoms with Crippen LogP contribution >= 0.6 is 0 Å². The normalized spacial score (nSPS) is 16.0. The number of amides is 1. The second-order valence-electron chi connectivity index (χ2n) is 7.84. The number of likely N-dealkylation sites (N-methyl/N-ethyl adjacent to an activating group) is 1. The van der Waals surface area contributed by atoms with Crippen molar-refractivity contribution in [2.75, 3.05) is 39.8 Å². The minimum Gasteiger partial charge on any atom is -0.343 e. The molecule has 0 saturated carbocycles. The molecule has 7 nitrogen and oxygen atoms in total. The molecule has 0 aliphatic carbocycles. The molecule has 1 fully saturated rings. The Kier molecular flexibility index (Phi) is 6.54. The predicted molar refractivity (Wildman–Crippen MR) is 120 cm³/mol. The average Bonchev–Trinajstić information content (AvgIpc) is 2.81. The summed E-state index contributed by atoms with van der Waals surface area (Å²) >= 11 is 0. The third-order valence-corrected chi connectivity index (χ3v) is 5.58. The quantitative estimate of drug-likeness (QED) is 0.664. The van der Waals surface area contributed by atoms with Crippen LogP contribution in [0.3, 0.4) is 0 Å². The van der Waals surface area contributed by atoms with E-state index in [9.17, 15) is 9.59 Å². The lowest BCUT2D eigenvalue weighted by molar-refractivity contribution is 0.0900. The zero-order valence-electron chi connectivity index (χ0n) is 17.6. The highest BCUT2D eigenvalue weighted by Gasteiger charge is 2.22. The maximum atomic E-state index is 13.1. The molecule has 2 aromatic carbocycles. The van der Waals surface area contributed by atoms with E-state index in [0.717, 1.165) is 38.3 Å². The zero-order chi connectivity index (χ0) is 21.6. The maximum absolute atomic E-state index is 13.1. The van der Waals surface area contributed by atoms with Gasteiger partial charge in [-0.1, -0.05) is 48.5 Å². The van der Waals surface area contributed by atoms with Crippen LogP contribution in [0.1, 0.15) is 22.1 Å². The topological polar surface area (TPSA) is 70.5 Å². The van der Waals surface area contributed by atoms with Crippen LogP contribution in [0.25, 0.3) is 5.69 Å². The summed E-state index contributed by atoms with van der Waals surface area (Å²) < 4.78 is 1.26. The maximum Gasteiger partial charge on any atom is 0.272 e. The van der Waals surface area contributed by atoms with Crippen molar-refractivity contribution in [3.8, 4) is 5.69 Å². The standard InChI is InChI=1S/C24H27N5O2/c1-27-14-16-28(17-15-27)18-22(19-8-4-2-5-9-19)25-24(31)21-12-13-23(30)29(26-21)20-10-6-3-7-11-20/h2-13,22H,14-18H2,1H3,(H,25,31). The van der Waals surface area contributed by atoms with Gasteiger partial charge >= 0.3 is 0 Å². The highest BCUT2D eigenvalue weighted by atomic mass is 16.2. The summed E-state index contributed by atoms with van der Waals surface area (Å²) in [5, 5.41) is 7.45. The van der Waals surface area contributed by atoms with Gasteiger partial charge in [-0.05, 0) is 30.8 Å². The molecule has 1 amide bonds. The molecule has 7 heteroatoms. The Labute approximate surface area is 181 Å². The summed E-state index contributed by atoms with van der Waals surface area (Å²) in [7, 11) is 2.13. The summed E-state index contributed by atoms with van der Waals surface area (Å²) in [6.45, 7) is 4.68. The van der Waals surface area contributed by atoms with Gasteiger partial charge in [0, 0.05) is 38.8 Å². The molecule has 1 aliphatic heterocycles.